The number of hydrogen-bond donors (Lipinski definition) is 2. The van der Waals surface area contributed by atoms with Gasteiger partial charge in [-0.15, -0.1) is 0 Å². The number of hydrogen-bond acceptors (Lipinski definition) is 4. The molecule has 1 fully saturated rings. The highest BCUT2D eigenvalue weighted by atomic mass is 16.5. The lowest BCUT2D eigenvalue weighted by atomic mass is 9.74. The normalized spacial score (nSPS) is 23.0. The van der Waals surface area contributed by atoms with Crippen molar-refractivity contribution in [1.29, 1.82) is 0 Å². The molecule has 4 heteroatoms. The summed E-state index contributed by atoms with van der Waals surface area (Å²) in [5.74, 6) is 1.33. The van der Waals surface area contributed by atoms with Crippen molar-refractivity contribution in [2.24, 2.45) is 11.3 Å². The van der Waals surface area contributed by atoms with Crippen molar-refractivity contribution in [1.82, 2.24) is 4.90 Å². The summed E-state index contributed by atoms with van der Waals surface area (Å²) in [6.07, 6.45) is 3.23. The molecule has 0 unspecified atom stereocenters. The van der Waals surface area contributed by atoms with E-state index in [0.717, 1.165) is 37.9 Å². The van der Waals surface area contributed by atoms with Crippen molar-refractivity contribution in [3.8, 4) is 11.5 Å². The minimum Gasteiger partial charge on any atom is -0.504 e. The zero-order valence-electron chi connectivity index (χ0n) is 14.0. The van der Waals surface area contributed by atoms with E-state index in [4.69, 9.17) is 4.74 Å². The first kappa shape index (κ1) is 17.1. The van der Waals surface area contributed by atoms with Crippen molar-refractivity contribution in [3.05, 3.63) is 23.8 Å². The highest BCUT2D eigenvalue weighted by molar-refractivity contribution is 5.45. The first-order valence-electron chi connectivity index (χ1n) is 8.18. The van der Waals surface area contributed by atoms with E-state index in [2.05, 4.69) is 18.7 Å². The van der Waals surface area contributed by atoms with Gasteiger partial charge in [0.1, 0.15) is 0 Å². The predicted molar refractivity (Wildman–Crippen MR) is 88.1 cm³/mol. The SMILES string of the molecule is COc1cccc(CN2CCC[C@@](CO)(CC(C)C)C2)c1O. The molecule has 0 saturated carbocycles. The number of para-hydroxylation sites is 1. The highest BCUT2D eigenvalue weighted by Gasteiger charge is 2.35. The second-order valence-electron chi connectivity index (χ2n) is 7.04. The Morgan fingerprint density at radius 2 is 2.14 bits per heavy atom. The second kappa shape index (κ2) is 7.34. The number of aromatic hydroxyl groups is 1. The Bertz CT molecular complexity index is 489. The van der Waals surface area contributed by atoms with Crippen LogP contribution in [0.1, 0.15) is 38.7 Å². The second-order valence-corrected chi connectivity index (χ2v) is 7.04. The number of rotatable bonds is 6. The molecule has 2 rings (SSSR count). The van der Waals surface area contributed by atoms with E-state index in [-0.39, 0.29) is 17.8 Å². The number of aliphatic hydroxyl groups is 1. The molecule has 22 heavy (non-hydrogen) atoms. The average Bonchev–Trinajstić information content (AvgIpc) is 2.49. The first-order chi connectivity index (χ1) is 10.5. The fourth-order valence-corrected chi connectivity index (χ4v) is 3.77. The summed E-state index contributed by atoms with van der Waals surface area (Å²) in [5.41, 5.74) is 0.888. The summed E-state index contributed by atoms with van der Waals surface area (Å²) in [6, 6.07) is 5.62. The van der Waals surface area contributed by atoms with Gasteiger partial charge in [0.2, 0.25) is 0 Å². The number of nitrogens with zero attached hydrogens (tertiary/aromatic N) is 1. The fourth-order valence-electron chi connectivity index (χ4n) is 3.77. The number of aliphatic hydroxyl groups excluding tert-OH is 1. The number of piperidine rings is 1. The lowest BCUT2D eigenvalue weighted by molar-refractivity contribution is 0.0130. The van der Waals surface area contributed by atoms with Crippen LogP contribution in [0.15, 0.2) is 18.2 Å². The molecular weight excluding hydrogens is 278 g/mol. The van der Waals surface area contributed by atoms with Gasteiger partial charge in [-0.25, -0.2) is 0 Å². The van der Waals surface area contributed by atoms with Crippen LogP contribution in [0.3, 0.4) is 0 Å². The topological polar surface area (TPSA) is 52.9 Å². The van der Waals surface area contributed by atoms with Gasteiger partial charge in [0.25, 0.3) is 0 Å². The average molecular weight is 307 g/mol. The van der Waals surface area contributed by atoms with Crippen molar-refractivity contribution in [3.63, 3.8) is 0 Å². The molecule has 1 aromatic rings. The lowest BCUT2D eigenvalue weighted by Gasteiger charge is -2.43. The van der Waals surface area contributed by atoms with E-state index in [1.54, 1.807) is 13.2 Å². The van der Waals surface area contributed by atoms with Crippen molar-refractivity contribution in [2.45, 2.75) is 39.7 Å². The minimum absolute atomic E-state index is 0.000895. The van der Waals surface area contributed by atoms with Gasteiger partial charge in [0.15, 0.2) is 11.5 Å². The van der Waals surface area contributed by atoms with E-state index in [1.165, 1.54) is 0 Å². The van der Waals surface area contributed by atoms with Gasteiger partial charge in [0, 0.05) is 30.7 Å². The van der Waals surface area contributed by atoms with E-state index < -0.39 is 0 Å². The third-order valence-electron chi connectivity index (χ3n) is 4.61. The minimum atomic E-state index is 0.000895. The summed E-state index contributed by atoms with van der Waals surface area (Å²) < 4.78 is 5.18. The molecule has 1 aliphatic heterocycles. The monoisotopic (exact) mass is 307 g/mol. The first-order valence-corrected chi connectivity index (χ1v) is 8.18. The Labute approximate surface area is 133 Å². The molecule has 1 atom stereocenters. The van der Waals surface area contributed by atoms with Crippen LogP contribution >= 0.6 is 0 Å². The van der Waals surface area contributed by atoms with Crippen molar-refractivity contribution >= 4 is 0 Å². The standard InChI is InChI=1S/C18H29NO3/c1-14(2)10-18(13-20)8-5-9-19(12-18)11-15-6-4-7-16(22-3)17(15)21/h4,6-7,14,20-21H,5,8-13H2,1-3H3/t18-/m1/s1. The van der Waals surface area contributed by atoms with Gasteiger partial charge in [-0.1, -0.05) is 26.0 Å². The molecule has 0 bridgehead atoms. The number of benzene rings is 1. The quantitative estimate of drug-likeness (QED) is 0.848. The summed E-state index contributed by atoms with van der Waals surface area (Å²) in [4.78, 5) is 2.34. The Kier molecular flexibility index (Phi) is 5.70. The Balaban J connectivity index is 2.10. The van der Waals surface area contributed by atoms with Crippen LogP contribution in [0.25, 0.3) is 0 Å². The van der Waals surface area contributed by atoms with E-state index in [0.29, 0.717) is 18.2 Å². The molecule has 1 aliphatic rings. The predicted octanol–water partition coefficient (Wildman–Crippen LogP) is 3.02. The smallest absolute Gasteiger partial charge is 0.162 e. The maximum absolute atomic E-state index is 10.3. The third kappa shape index (κ3) is 3.93. The molecule has 1 heterocycles. The lowest BCUT2D eigenvalue weighted by Crippen LogP contribution is -2.45. The Hall–Kier alpha value is -1.26. The van der Waals surface area contributed by atoms with Crippen LogP contribution < -0.4 is 4.74 Å². The summed E-state index contributed by atoms with van der Waals surface area (Å²) in [7, 11) is 1.57. The van der Waals surface area contributed by atoms with Gasteiger partial charge in [-0.3, -0.25) is 4.90 Å². The van der Waals surface area contributed by atoms with Crippen LogP contribution in [0, 0.1) is 11.3 Å². The van der Waals surface area contributed by atoms with Crippen LogP contribution in [0.2, 0.25) is 0 Å². The molecule has 0 aromatic heterocycles. The summed E-state index contributed by atoms with van der Waals surface area (Å²) in [5, 5.41) is 20.2. The van der Waals surface area contributed by atoms with Crippen molar-refractivity contribution in [2.75, 3.05) is 26.8 Å². The van der Waals surface area contributed by atoms with Crippen LogP contribution in [0.4, 0.5) is 0 Å². The van der Waals surface area contributed by atoms with E-state index >= 15 is 0 Å². The van der Waals surface area contributed by atoms with Crippen LogP contribution in [0.5, 0.6) is 11.5 Å². The van der Waals surface area contributed by atoms with Gasteiger partial charge in [0.05, 0.1) is 7.11 Å². The Morgan fingerprint density at radius 1 is 1.36 bits per heavy atom. The number of phenolic OH excluding ortho intramolecular Hbond substituents is 1. The van der Waals surface area contributed by atoms with E-state index in [9.17, 15) is 10.2 Å². The molecule has 1 aromatic carbocycles. The van der Waals surface area contributed by atoms with Gasteiger partial charge < -0.3 is 14.9 Å². The third-order valence-corrected chi connectivity index (χ3v) is 4.61. The summed E-state index contributed by atoms with van der Waals surface area (Å²) >= 11 is 0. The molecule has 1 saturated heterocycles. The largest absolute Gasteiger partial charge is 0.504 e. The molecule has 2 N–H and O–H groups in total. The highest BCUT2D eigenvalue weighted by Crippen LogP contribution is 2.37. The molecule has 4 nitrogen and oxygen atoms in total. The van der Waals surface area contributed by atoms with Gasteiger partial charge in [-0.2, -0.15) is 0 Å². The number of likely N-dealkylation sites (tertiary alicyclic amines) is 1. The Morgan fingerprint density at radius 3 is 2.77 bits per heavy atom. The molecule has 124 valence electrons. The van der Waals surface area contributed by atoms with E-state index in [1.807, 2.05) is 12.1 Å². The zero-order chi connectivity index (χ0) is 16.2. The molecular formula is C18H29NO3. The number of methoxy groups -OCH3 is 1. The van der Waals surface area contributed by atoms with Crippen LogP contribution in [-0.2, 0) is 6.54 Å². The van der Waals surface area contributed by atoms with Gasteiger partial charge >= 0.3 is 0 Å². The fraction of sp³-hybridized carbons (Fsp3) is 0.667. The molecule has 0 aliphatic carbocycles. The van der Waals surface area contributed by atoms with Crippen molar-refractivity contribution < 1.29 is 14.9 Å². The molecule has 0 amide bonds. The maximum Gasteiger partial charge on any atom is 0.162 e. The van der Waals surface area contributed by atoms with Gasteiger partial charge in [-0.05, 0) is 37.8 Å². The molecule has 0 spiro atoms. The molecule has 0 radical (unpaired) electrons. The maximum atomic E-state index is 10.3. The number of phenols is 1. The van der Waals surface area contributed by atoms with Crippen LogP contribution in [-0.4, -0.2) is 41.9 Å². The zero-order valence-corrected chi connectivity index (χ0v) is 14.0. The summed E-state index contributed by atoms with van der Waals surface area (Å²) in [6.45, 7) is 7.26. The number of ether oxygens (including phenoxy) is 1.